The molecule has 0 aliphatic heterocycles. The van der Waals surface area contributed by atoms with E-state index in [1.165, 1.54) is 6.07 Å². The summed E-state index contributed by atoms with van der Waals surface area (Å²) in [5, 5.41) is 2.78. The minimum absolute atomic E-state index is 0.214. The van der Waals surface area contributed by atoms with Crippen LogP contribution in [0.25, 0.3) is 0 Å². The average molecular weight is 284 g/mol. The first kappa shape index (κ1) is 16.6. The second-order valence-corrected chi connectivity index (χ2v) is 5.79. The largest absolute Gasteiger partial charge is 0.349 e. The summed E-state index contributed by atoms with van der Waals surface area (Å²) in [6.07, 6.45) is 0.376. The summed E-state index contributed by atoms with van der Waals surface area (Å²) in [7, 11) is 0. The summed E-state index contributed by atoms with van der Waals surface area (Å²) in [5.41, 5.74) is 4.92. The number of hydrogen-bond donors (Lipinski definition) is 2. The number of nitrogens with one attached hydrogen (secondary N) is 1. The van der Waals surface area contributed by atoms with Crippen LogP contribution >= 0.6 is 0 Å². The van der Waals surface area contributed by atoms with Crippen molar-refractivity contribution in [1.82, 2.24) is 5.32 Å². The van der Waals surface area contributed by atoms with Crippen LogP contribution < -0.4 is 11.1 Å². The highest BCUT2D eigenvalue weighted by molar-refractivity contribution is 5.79. The molecule has 1 aromatic rings. The minimum atomic E-state index is -0.710. The Hall–Kier alpha value is -1.49. The first-order valence-corrected chi connectivity index (χ1v) is 6.71. The van der Waals surface area contributed by atoms with Crippen molar-refractivity contribution in [2.45, 2.75) is 39.2 Å². The SMILES string of the molecule is CC(C)CC(C)(CN)NC(=O)Cc1c(F)cccc1F. The molecule has 112 valence electrons. The third-order valence-electron chi connectivity index (χ3n) is 3.15. The number of nitrogens with two attached hydrogens (primary N) is 1. The molecule has 1 unspecified atom stereocenters. The van der Waals surface area contributed by atoms with Gasteiger partial charge in [0.2, 0.25) is 5.91 Å². The third-order valence-corrected chi connectivity index (χ3v) is 3.15. The Morgan fingerprint density at radius 1 is 1.35 bits per heavy atom. The zero-order valence-electron chi connectivity index (χ0n) is 12.2. The van der Waals surface area contributed by atoms with Crippen molar-refractivity contribution in [3.63, 3.8) is 0 Å². The van der Waals surface area contributed by atoms with Crippen LogP contribution in [-0.4, -0.2) is 18.0 Å². The van der Waals surface area contributed by atoms with E-state index < -0.39 is 23.1 Å². The van der Waals surface area contributed by atoms with Gasteiger partial charge in [-0.25, -0.2) is 8.78 Å². The van der Waals surface area contributed by atoms with Gasteiger partial charge in [-0.3, -0.25) is 4.79 Å². The lowest BCUT2D eigenvalue weighted by atomic mass is 9.90. The van der Waals surface area contributed by atoms with Crippen molar-refractivity contribution in [3.8, 4) is 0 Å². The Kier molecular flexibility index (Phi) is 5.62. The maximum absolute atomic E-state index is 13.5. The highest BCUT2D eigenvalue weighted by atomic mass is 19.1. The van der Waals surface area contributed by atoms with E-state index in [0.717, 1.165) is 12.1 Å². The van der Waals surface area contributed by atoms with Crippen molar-refractivity contribution in [1.29, 1.82) is 0 Å². The number of carbonyl (C=O) groups is 1. The monoisotopic (exact) mass is 284 g/mol. The lowest BCUT2D eigenvalue weighted by Gasteiger charge is -2.31. The van der Waals surface area contributed by atoms with Gasteiger partial charge in [0.25, 0.3) is 0 Å². The molecule has 0 fully saturated rings. The predicted octanol–water partition coefficient (Wildman–Crippen LogP) is 2.39. The zero-order valence-corrected chi connectivity index (χ0v) is 12.2. The fourth-order valence-corrected chi connectivity index (χ4v) is 2.33. The summed E-state index contributed by atoms with van der Waals surface area (Å²) >= 11 is 0. The van der Waals surface area contributed by atoms with Crippen LogP contribution in [0.1, 0.15) is 32.8 Å². The van der Waals surface area contributed by atoms with E-state index in [1.807, 2.05) is 20.8 Å². The van der Waals surface area contributed by atoms with E-state index >= 15 is 0 Å². The van der Waals surface area contributed by atoms with Crippen LogP contribution in [0, 0.1) is 17.6 Å². The van der Waals surface area contributed by atoms with E-state index in [9.17, 15) is 13.6 Å². The van der Waals surface area contributed by atoms with Gasteiger partial charge >= 0.3 is 0 Å². The zero-order chi connectivity index (χ0) is 15.3. The fraction of sp³-hybridized carbons (Fsp3) is 0.533. The lowest BCUT2D eigenvalue weighted by Crippen LogP contribution is -2.52. The molecule has 0 spiro atoms. The Labute approximate surface area is 118 Å². The van der Waals surface area contributed by atoms with Crippen molar-refractivity contribution in [2.75, 3.05) is 6.54 Å². The molecule has 0 saturated heterocycles. The molecule has 0 heterocycles. The van der Waals surface area contributed by atoms with Crippen molar-refractivity contribution in [3.05, 3.63) is 35.4 Å². The average Bonchev–Trinajstić information content (AvgIpc) is 2.33. The van der Waals surface area contributed by atoms with Gasteiger partial charge in [-0.15, -0.1) is 0 Å². The smallest absolute Gasteiger partial charge is 0.225 e. The van der Waals surface area contributed by atoms with Gasteiger partial charge in [-0.05, 0) is 31.4 Å². The predicted molar refractivity (Wildman–Crippen MR) is 75.1 cm³/mol. The van der Waals surface area contributed by atoms with Crippen LogP contribution in [-0.2, 0) is 11.2 Å². The van der Waals surface area contributed by atoms with Crippen molar-refractivity contribution in [2.24, 2.45) is 11.7 Å². The second kappa shape index (κ2) is 6.79. The standard InChI is InChI=1S/C15H22F2N2O/c1-10(2)8-15(3,9-18)19-14(20)7-11-12(16)5-4-6-13(11)17/h4-6,10H,7-9,18H2,1-3H3,(H,19,20). The van der Waals surface area contributed by atoms with Gasteiger partial charge < -0.3 is 11.1 Å². The Balaban J connectivity index is 2.76. The molecule has 1 aromatic carbocycles. The lowest BCUT2D eigenvalue weighted by molar-refractivity contribution is -0.122. The normalized spacial score (nSPS) is 14.2. The maximum atomic E-state index is 13.5. The Morgan fingerprint density at radius 3 is 2.35 bits per heavy atom. The van der Waals surface area contributed by atoms with E-state index in [4.69, 9.17) is 5.73 Å². The molecule has 0 radical (unpaired) electrons. The summed E-state index contributed by atoms with van der Waals surface area (Å²) in [6.45, 7) is 6.16. The highest BCUT2D eigenvalue weighted by Gasteiger charge is 2.26. The molecule has 0 aliphatic carbocycles. The molecule has 1 atom stereocenters. The summed E-state index contributed by atoms with van der Waals surface area (Å²) in [6, 6.07) is 3.55. The van der Waals surface area contributed by atoms with Crippen LogP contribution in [0.3, 0.4) is 0 Å². The first-order valence-electron chi connectivity index (χ1n) is 6.71. The molecule has 0 aliphatic rings. The molecule has 1 rings (SSSR count). The van der Waals surface area contributed by atoms with E-state index in [-0.39, 0.29) is 18.5 Å². The van der Waals surface area contributed by atoms with Crippen LogP contribution in [0.15, 0.2) is 18.2 Å². The topological polar surface area (TPSA) is 55.1 Å². The van der Waals surface area contributed by atoms with E-state index in [2.05, 4.69) is 5.32 Å². The molecule has 3 N–H and O–H groups in total. The van der Waals surface area contributed by atoms with Gasteiger partial charge in [0.1, 0.15) is 11.6 Å². The van der Waals surface area contributed by atoms with Crippen molar-refractivity contribution >= 4 is 5.91 Å². The van der Waals surface area contributed by atoms with E-state index in [1.54, 1.807) is 0 Å². The Bertz CT molecular complexity index is 457. The summed E-state index contributed by atoms with van der Waals surface area (Å²) in [5.74, 6) is -1.49. The van der Waals surface area contributed by atoms with Gasteiger partial charge in [-0.2, -0.15) is 0 Å². The van der Waals surface area contributed by atoms with Gasteiger partial charge in [-0.1, -0.05) is 19.9 Å². The molecule has 0 bridgehead atoms. The van der Waals surface area contributed by atoms with Crippen molar-refractivity contribution < 1.29 is 13.6 Å². The van der Waals surface area contributed by atoms with Gasteiger partial charge in [0.05, 0.1) is 6.42 Å². The van der Waals surface area contributed by atoms with E-state index in [0.29, 0.717) is 12.3 Å². The minimum Gasteiger partial charge on any atom is -0.349 e. The molecule has 1 amide bonds. The van der Waals surface area contributed by atoms with Crippen LogP contribution in [0.2, 0.25) is 0 Å². The second-order valence-electron chi connectivity index (χ2n) is 5.79. The molecule has 0 aromatic heterocycles. The quantitative estimate of drug-likeness (QED) is 0.842. The first-order chi connectivity index (χ1) is 9.27. The fourth-order valence-electron chi connectivity index (χ4n) is 2.33. The molecular formula is C15H22F2N2O. The molecule has 5 heteroatoms. The molecular weight excluding hydrogens is 262 g/mol. The molecule has 0 saturated carbocycles. The Morgan fingerprint density at radius 2 is 1.90 bits per heavy atom. The number of halogens is 2. The third kappa shape index (κ3) is 4.56. The number of carbonyl (C=O) groups excluding carboxylic acids is 1. The summed E-state index contributed by atoms with van der Waals surface area (Å²) < 4.78 is 27.0. The highest BCUT2D eigenvalue weighted by Crippen LogP contribution is 2.17. The number of hydrogen-bond acceptors (Lipinski definition) is 2. The number of benzene rings is 1. The van der Waals surface area contributed by atoms with Gasteiger partial charge in [0.15, 0.2) is 0 Å². The van der Waals surface area contributed by atoms with Crippen LogP contribution in [0.4, 0.5) is 8.78 Å². The molecule has 3 nitrogen and oxygen atoms in total. The maximum Gasteiger partial charge on any atom is 0.225 e. The van der Waals surface area contributed by atoms with Gasteiger partial charge in [0, 0.05) is 17.6 Å². The molecule has 20 heavy (non-hydrogen) atoms. The summed E-state index contributed by atoms with van der Waals surface area (Å²) in [4.78, 5) is 12.0. The van der Waals surface area contributed by atoms with Crippen LogP contribution in [0.5, 0.6) is 0 Å². The number of rotatable bonds is 6. The number of amides is 1.